The number of carbonyl (C=O) groups is 1. The molecule has 1 amide bonds. The van der Waals surface area contributed by atoms with Crippen molar-refractivity contribution in [3.8, 4) is 0 Å². The molecule has 0 radical (unpaired) electrons. The SMILES string of the molecule is Cc1ncc(C(=O)N[C@@H]2CCCN(c3ncc[nH]c3=O)C2)[nH]1. The smallest absolute Gasteiger partial charge is 0.290 e. The van der Waals surface area contributed by atoms with Crippen LogP contribution in [0.4, 0.5) is 5.82 Å². The van der Waals surface area contributed by atoms with Crippen LogP contribution < -0.4 is 15.8 Å². The van der Waals surface area contributed by atoms with E-state index < -0.39 is 0 Å². The van der Waals surface area contributed by atoms with E-state index in [0.29, 0.717) is 23.9 Å². The summed E-state index contributed by atoms with van der Waals surface area (Å²) >= 11 is 0. The summed E-state index contributed by atoms with van der Waals surface area (Å²) in [5, 5.41) is 2.98. The Morgan fingerprint density at radius 2 is 2.32 bits per heavy atom. The van der Waals surface area contributed by atoms with Gasteiger partial charge in [0, 0.05) is 31.5 Å². The molecule has 0 saturated carbocycles. The van der Waals surface area contributed by atoms with E-state index in [1.54, 1.807) is 13.1 Å². The standard InChI is InChI=1S/C14H18N6O2/c1-9-17-7-11(18-9)13(21)19-10-3-2-6-20(8-10)12-14(22)16-5-4-15-12/h4-5,7,10H,2-3,6,8H2,1H3,(H,16,22)(H,17,18)(H,19,21)/t10-/m1/s1. The van der Waals surface area contributed by atoms with Gasteiger partial charge in [0.2, 0.25) is 0 Å². The molecule has 0 aromatic carbocycles. The number of hydrogen-bond donors (Lipinski definition) is 3. The van der Waals surface area contributed by atoms with Crippen molar-refractivity contribution in [1.29, 1.82) is 0 Å². The number of hydrogen-bond acceptors (Lipinski definition) is 5. The average molecular weight is 302 g/mol. The Labute approximate surface area is 127 Å². The Morgan fingerprint density at radius 1 is 1.45 bits per heavy atom. The van der Waals surface area contributed by atoms with Gasteiger partial charge in [-0.05, 0) is 19.8 Å². The second-order valence-corrected chi connectivity index (χ2v) is 5.38. The first-order valence-corrected chi connectivity index (χ1v) is 7.24. The van der Waals surface area contributed by atoms with Gasteiger partial charge in [-0.1, -0.05) is 0 Å². The lowest BCUT2D eigenvalue weighted by Gasteiger charge is -2.33. The molecular weight excluding hydrogens is 284 g/mol. The molecule has 3 heterocycles. The average Bonchev–Trinajstić information content (AvgIpc) is 2.95. The summed E-state index contributed by atoms with van der Waals surface area (Å²) in [5.41, 5.74) is 0.240. The van der Waals surface area contributed by atoms with Gasteiger partial charge in [0.1, 0.15) is 11.5 Å². The third-order valence-electron chi connectivity index (χ3n) is 3.69. The Kier molecular flexibility index (Phi) is 3.90. The number of piperidine rings is 1. The fourth-order valence-electron chi connectivity index (χ4n) is 2.66. The number of carbonyl (C=O) groups excluding carboxylic acids is 1. The molecule has 1 aliphatic rings. The molecule has 0 aliphatic carbocycles. The van der Waals surface area contributed by atoms with Crippen molar-refractivity contribution in [2.24, 2.45) is 0 Å². The largest absolute Gasteiger partial charge is 0.350 e. The van der Waals surface area contributed by atoms with E-state index >= 15 is 0 Å². The van der Waals surface area contributed by atoms with Crippen LogP contribution >= 0.6 is 0 Å². The van der Waals surface area contributed by atoms with Crippen LogP contribution in [-0.2, 0) is 0 Å². The van der Waals surface area contributed by atoms with E-state index in [1.165, 1.54) is 12.4 Å². The van der Waals surface area contributed by atoms with E-state index in [2.05, 4.69) is 25.3 Å². The molecule has 0 spiro atoms. The molecule has 0 unspecified atom stereocenters. The maximum absolute atomic E-state index is 12.2. The molecule has 2 aromatic heterocycles. The lowest BCUT2D eigenvalue weighted by atomic mass is 10.1. The zero-order valence-corrected chi connectivity index (χ0v) is 12.3. The minimum atomic E-state index is -0.210. The van der Waals surface area contributed by atoms with Crippen LogP contribution in [0, 0.1) is 6.92 Å². The van der Waals surface area contributed by atoms with Crippen LogP contribution in [0.2, 0.25) is 0 Å². The van der Waals surface area contributed by atoms with Crippen LogP contribution in [0.3, 0.4) is 0 Å². The summed E-state index contributed by atoms with van der Waals surface area (Å²) in [6.45, 7) is 3.13. The molecule has 1 atom stereocenters. The molecule has 1 aliphatic heterocycles. The first-order valence-electron chi connectivity index (χ1n) is 7.24. The van der Waals surface area contributed by atoms with Gasteiger partial charge in [0.25, 0.3) is 11.5 Å². The number of aromatic nitrogens is 4. The predicted molar refractivity (Wildman–Crippen MR) is 80.9 cm³/mol. The zero-order valence-electron chi connectivity index (χ0n) is 12.3. The molecule has 8 nitrogen and oxygen atoms in total. The van der Waals surface area contributed by atoms with Crippen molar-refractivity contribution in [2.75, 3.05) is 18.0 Å². The molecule has 0 bridgehead atoms. The maximum atomic E-state index is 12.2. The van der Waals surface area contributed by atoms with Crippen molar-refractivity contribution in [2.45, 2.75) is 25.8 Å². The summed E-state index contributed by atoms with van der Waals surface area (Å²) in [4.78, 5) is 39.6. The summed E-state index contributed by atoms with van der Waals surface area (Å²) < 4.78 is 0. The number of nitrogens with zero attached hydrogens (tertiary/aromatic N) is 3. The second-order valence-electron chi connectivity index (χ2n) is 5.38. The van der Waals surface area contributed by atoms with E-state index in [4.69, 9.17) is 0 Å². The highest BCUT2D eigenvalue weighted by Gasteiger charge is 2.24. The molecule has 22 heavy (non-hydrogen) atoms. The zero-order chi connectivity index (χ0) is 15.5. The molecule has 3 rings (SSSR count). The van der Waals surface area contributed by atoms with Crippen molar-refractivity contribution in [1.82, 2.24) is 25.3 Å². The summed E-state index contributed by atoms with van der Waals surface area (Å²) in [6, 6.07) is -0.0220. The van der Waals surface area contributed by atoms with E-state index in [0.717, 1.165) is 19.4 Å². The van der Waals surface area contributed by atoms with Gasteiger partial charge in [0.15, 0.2) is 5.82 Å². The van der Waals surface area contributed by atoms with Crippen LogP contribution in [0.5, 0.6) is 0 Å². The lowest BCUT2D eigenvalue weighted by molar-refractivity contribution is 0.0928. The molecule has 1 saturated heterocycles. The van der Waals surface area contributed by atoms with Gasteiger partial charge in [0.05, 0.1) is 6.20 Å². The molecule has 8 heteroatoms. The maximum Gasteiger partial charge on any atom is 0.290 e. The van der Waals surface area contributed by atoms with Crippen LogP contribution in [-0.4, -0.2) is 45.0 Å². The van der Waals surface area contributed by atoms with Gasteiger partial charge < -0.3 is 20.2 Å². The van der Waals surface area contributed by atoms with Crippen molar-refractivity contribution in [3.05, 3.63) is 40.5 Å². The Bertz CT molecular complexity index is 722. The van der Waals surface area contributed by atoms with E-state index in [-0.39, 0.29) is 17.5 Å². The summed E-state index contributed by atoms with van der Waals surface area (Å²) in [5.74, 6) is 0.927. The van der Waals surface area contributed by atoms with Gasteiger partial charge in [-0.25, -0.2) is 9.97 Å². The quantitative estimate of drug-likeness (QED) is 0.751. The Balaban J connectivity index is 1.67. The highest BCUT2D eigenvalue weighted by molar-refractivity contribution is 5.92. The second kappa shape index (κ2) is 6.00. The number of aryl methyl sites for hydroxylation is 1. The third-order valence-corrected chi connectivity index (χ3v) is 3.69. The Hall–Kier alpha value is -2.64. The van der Waals surface area contributed by atoms with Crippen LogP contribution in [0.1, 0.15) is 29.2 Å². The van der Waals surface area contributed by atoms with Crippen LogP contribution in [0.15, 0.2) is 23.4 Å². The van der Waals surface area contributed by atoms with Gasteiger partial charge in [-0.15, -0.1) is 0 Å². The number of H-pyrrole nitrogens is 2. The van der Waals surface area contributed by atoms with Gasteiger partial charge >= 0.3 is 0 Å². The number of amides is 1. The number of aromatic amines is 2. The highest BCUT2D eigenvalue weighted by atomic mass is 16.2. The number of nitrogens with one attached hydrogen (secondary N) is 3. The van der Waals surface area contributed by atoms with Gasteiger partial charge in [-0.2, -0.15) is 0 Å². The molecular formula is C14H18N6O2. The van der Waals surface area contributed by atoms with Crippen molar-refractivity contribution >= 4 is 11.7 Å². The molecule has 3 N–H and O–H groups in total. The molecule has 116 valence electrons. The van der Waals surface area contributed by atoms with Crippen molar-refractivity contribution in [3.63, 3.8) is 0 Å². The monoisotopic (exact) mass is 302 g/mol. The Morgan fingerprint density at radius 3 is 3.05 bits per heavy atom. The fourth-order valence-corrected chi connectivity index (χ4v) is 2.66. The number of anilines is 1. The lowest BCUT2D eigenvalue weighted by Crippen LogP contribution is -2.49. The number of rotatable bonds is 3. The van der Waals surface area contributed by atoms with Gasteiger partial charge in [-0.3, -0.25) is 9.59 Å². The van der Waals surface area contributed by atoms with Crippen molar-refractivity contribution < 1.29 is 4.79 Å². The predicted octanol–water partition coefficient (Wildman–Crippen LogP) is 0.200. The molecule has 1 fully saturated rings. The first kappa shape index (κ1) is 14.3. The molecule has 2 aromatic rings. The minimum absolute atomic E-state index is 0.0220. The fraction of sp³-hybridized carbons (Fsp3) is 0.429. The van der Waals surface area contributed by atoms with Crippen LogP contribution in [0.25, 0.3) is 0 Å². The summed E-state index contributed by atoms with van der Waals surface area (Å²) in [6.07, 6.45) is 6.36. The summed E-state index contributed by atoms with van der Waals surface area (Å²) in [7, 11) is 0. The topological polar surface area (TPSA) is 107 Å². The normalized spacial score (nSPS) is 18.2. The highest BCUT2D eigenvalue weighted by Crippen LogP contribution is 2.14. The third kappa shape index (κ3) is 3.00. The first-order chi connectivity index (χ1) is 10.6. The van der Waals surface area contributed by atoms with E-state index in [9.17, 15) is 9.59 Å². The number of imidazole rings is 1. The van der Waals surface area contributed by atoms with E-state index in [1.807, 2.05) is 4.90 Å². The minimum Gasteiger partial charge on any atom is -0.350 e.